The summed E-state index contributed by atoms with van der Waals surface area (Å²) in [6.45, 7) is 0. The van der Waals surface area contributed by atoms with Gasteiger partial charge in [-0.05, 0) is 89.6 Å². The predicted molar refractivity (Wildman–Crippen MR) is 147 cm³/mol. The van der Waals surface area contributed by atoms with Crippen LogP contribution in [-0.4, -0.2) is 0 Å². The van der Waals surface area contributed by atoms with Gasteiger partial charge in [-0.2, -0.15) is 0 Å². The molecular formula is C34H22. The molecule has 0 aromatic heterocycles. The van der Waals surface area contributed by atoms with Gasteiger partial charge in [-0.3, -0.25) is 0 Å². The average Bonchev–Trinajstić information content (AvgIpc) is 2.91. The first-order valence-corrected chi connectivity index (χ1v) is 11.8. The molecule has 0 heteroatoms. The Morgan fingerprint density at radius 2 is 0.618 bits per heavy atom. The van der Waals surface area contributed by atoms with Crippen molar-refractivity contribution in [2.24, 2.45) is 0 Å². The monoisotopic (exact) mass is 430 g/mol. The van der Waals surface area contributed by atoms with E-state index in [0.717, 1.165) is 0 Å². The second-order valence-electron chi connectivity index (χ2n) is 9.03. The van der Waals surface area contributed by atoms with E-state index in [1.165, 1.54) is 65.3 Å². The average molecular weight is 431 g/mol. The molecule has 0 bridgehead atoms. The van der Waals surface area contributed by atoms with Gasteiger partial charge in [0.05, 0.1) is 0 Å². The van der Waals surface area contributed by atoms with Crippen molar-refractivity contribution in [1.82, 2.24) is 0 Å². The SMILES string of the molecule is c1ccc2cc(-c3ccc(-c4ccc5ccccc5c4)c4cc5ccccc5cc34)ccc2c1. The van der Waals surface area contributed by atoms with E-state index in [1.807, 2.05) is 0 Å². The molecule has 0 aliphatic carbocycles. The van der Waals surface area contributed by atoms with Crippen LogP contribution in [0.5, 0.6) is 0 Å². The lowest BCUT2D eigenvalue weighted by Crippen LogP contribution is -1.88. The summed E-state index contributed by atoms with van der Waals surface area (Å²) < 4.78 is 0. The zero-order valence-electron chi connectivity index (χ0n) is 18.7. The first-order valence-electron chi connectivity index (χ1n) is 11.8. The molecule has 0 N–H and O–H groups in total. The topological polar surface area (TPSA) is 0 Å². The van der Waals surface area contributed by atoms with Crippen molar-refractivity contribution in [1.29, 1.82) is 0 Å². The molecule has 7 rings (SSSR count). The van der Waals surface area contributed by atoms with Gasteiger partial charge in [0.2, 0.25) is 0 Å². The quantitative estimate of drug-likeness (QED) is 0.239. The number of hydrogen-bond acceptors (Lipinski definition) is 0. The molecular weight excluding hydrogens is 408 g/mol. The molecule has 0 saturated heterocycles. The van der Waals surface area contributed by atoms with Crippen LogP contribution in [0.25, 0.3) is 65.3 Å². The van der Waals surface area contributed by atoms with Gasteiger partial charge in [-0.25, -0.2) is 0 Å². The molecule has 0 radical (unpaired) electrons. The van der Waals surface area contributed by atoms with Crippen LogP contribution in [0.1, 0.15) is 0 Å². The molecule has 0 unspecified atom stereocenters. The summed E-state index contributed by atoms with van der Waals surface area (Å²) in [7, 11) is 0. The molecule has 0 aliphatic rings. The fraction of sp³-hybridized carbons (Fsp3) is 0. The summed E-state index contributed by atoms with van der Waals surface area (Å²) >= 11 is 0. The van der Waals surface area contributed by atoms with E-state index >= 15 is 0 Å². The lowest BCUT2D eigenvalue weighted by Gasteiger charge is -2.15. The van der Waals surface area contributed by atoms with Crippen LogP contribution in [-0.2, 0) is 0 Å². The fourth-order valence-corrected chi connectivity index (χ4v) is 5.25. The molecule has 0 amide bonds. The number of benzene rings is 7. The normalized spacial score (nSPS) is 11.5. The molecule has 7 aromatic rings. The number of rotatable bonds is 2. The lowest BCUT2D eigenvalue weighted by molar-refractivity contribution is 1.66. The summed E-state index contributed by atoms with van der Waals surface area (Å²) in [5.74, 6) is 0. The summed E-state index contributed by atoms with van der Waals surface area (Å²) in [6, 6.07) is 48.7. The predicted octanol–water partition coefficient (Wildman–Crippen LogP) is 9.63. The van der Waals surface area contributed by atoms with Crippen LogP contribution in [0.2, 0.25) is 0 Å². The molecule has 0 heterocycles. The fourth-order valence-electron chi connectivity index (χ4n) is 5.25. The Balaban J connectivity index is 1.53. The Morgan fingerprint density at radius 3 is 1.03 bits per heavy atom. The largest absolute Gasteiger partial charge is 0.0616 e. The summed E-state index contributed by atoms with van der Waals surface area (Å²) in [4.78, 5) is 0. The van der Waals surface area contributed by atoms with Crippen LogP contribution >= 0.6 is 0 Å². The molecule has 0 atom stereocenters. The molecule has 0 spiro atoms. The molecule has 34 heavy (non-hydrogen) atoms. The van der Waals surface area contributed by atoms with Crippen LogP contribution in [0.15, 0.2) is 133 Å². The van der Waals surface area contributed by atoms with E-state index in [0.29, 0.717) is 0 Å². The Kier molecular flexibility index (Phi) is 4.25. The van der Waals surface area contributed by atoms with Gasteiger partial charge in [0.1, 0.15) is 0 Å². The van der Waals surface area contributed by atoms with Crippen molar-refractivity contribution < 1.29 is 0 Å². The van der Waals surface area contributed by atoms with Gasteiger partial charge < -0.3 is 0 Å². The zero-order valence-corrected chi connectivity index (χ0v) is 18.7. The van der Waals surface area contributed by atoms with Gasteiger partial charge >= 0.3 is 0 Å². The highest BCUT2D eigenvalue weighted by Crippen LogP contribution is 2.39. The first-order chi connectivity index (χ1) is 16.8. The van der Waals surface area contributed by atoms with E-state index in [4.69, 9.17) is 0 Å². The maximum Gasteiger partial charge on any atom is -0.00928 e. The van der Waals surface area contributed by atoms with Gasteiger partial charge in [0.15, 0.2) is 0 Å². The van der Waals surface area contributed by atoms with E-state index in [-0.39, 0.29) is 0 Å². The third-order valence-corrected chi connectivity index (χ3v) is 7.00. The van der Waals surface area contributed by atoms with E-state index in [1.54, 1.807) is 0 Å². The van der Waals surface area contributed by atoms with Crippen molar-refractivity contribution in [2.45, 2.75) is 0 Å². The first kappa shape index (κ1) is 19.1. The summed E-state index contributed by atoms with van der Waals surface area (Å²) in [5, 5.41) is 10.2. The van der Waals surface area contributed by atoms with Crippen LogP contribution < -0.4 is 0 Å². The van der Waals surface area contributed by atoms with Crippen LogP contribution in [0, 0.1) is 0 Å². The summed E-state index contributed by atoms with van der Waals surface area (Å²) in [6.07, 6.45) is 0. The zero-order chi connectivity index (χ0) is 22.5. The maximum absolute atomic E-state index is 2.36. The van der Waals surface area contributed by atoms with Crippen LogP contribution in [0.3, 0.4) is 0 Å². The lowest BCUT2D eigenvalue weighted by atomic mass is 9.89. The number of hydrogen-bond donors (Lipinski definition) is 0. The Labute approximate surface area is 198 Å². The van der Waals surface area contributed by atoms with Crippen LogP contribution in [0.4, 0.5) is 0 Å². The Bertz CT molecular complexity index is 1720. The molecule has 0 fully saturated rings. The second kappa shape index (κ2) is 7.57. The van der Waals surface area contributed by atoms with Crippen molar-refractivity contribution in [3.63, 3.8) is 0 Å². The van der Waals surface area contributed by atoms with E-state index in [9.17, 15) is 0 Å². The van der Waals surface area contributed by atoms with Gasteiger partial charge in [-0.1, -0.05) is 109 Å². The van der Waals surface area contributed by atoms with E-state index < -0.39 is 0 Å². The standard InChI is InChI=1S/C34H22/c1-3-9-25-19-29(15-13-23(25)7-1)31-17-18-32(30-16-14-24-8-2-4-10-26(24)20-30)34-22-28-12-6-5-11-27(28)21-33(31)34/h1-22H. The minimum atomic E-state index is 1.25. The third kappa shape index (κ3) is 3.08. The molecule has 0 saturated carbocycles. The van der Waals surface area contributed by atoms with Crippen molar-refractivity contribution >= 4 is 43.1 Å². The molecule has 0 aliphatic heterocycles. The maximum atomic E-state index is 2.36. The van der Waals surface area contributed by atoms with Crippen molar-refractivity contribution in [3.05, 3.63) is 133 Å². The number of fused-ring (bicyclic) bond motifs is 4. The van der Waals surface area contributed by atoms with Crippen molar-refractivity contribution in [3.8, 4) is 22.3 Å². The smallest absolute Gasteiger partial charge is 0.00928 e. The van der Waals surface area contributed by atoms with Gasteiger partial charge in [0.25, 0.3) is 0 Å². The van der Waals surface area contributed by atoms with E-state index in [2.05, 4.69) is 133 Å². The Hall–Kier alpha value is -4.42. The van der Waals surface area contributed by atoms with Gasteiger partial charge in [0, 0.05) is 0 Å². The highest BCUT2D eigenvalue weighted by atomic mass is 14.2. The highest BCUT2D eigenvalue weighted by molar-refractivity contribution is 6.11. The molecule has 158 valence electrons. The summed E-state index contributed by atoms with van der Waals surface area (Å²) in [5.41, 5.74) is 5.06. The minimum absolute atomic E-state index is 1.25. The highest BCUT2D eigenvalue weighted by Gasteiger charge is 2.12. The third-order valence-electron chi connectivity index (χ3n) is 7.00. The van der Waals surface area contributed by atoms with Crippen molar-refractivity contribution in [2.75, 3.05) is 0 Å². The van der Waals surface area contributed by atoms with Gasteiger partial charge in [-0.15, -0.1) is 0 Å². The Morgan fingerprint density at radius 1 is 0.265 bits per heavy atom. The second-order valence-corrected chi connectivity index (χ2v) is 9.03. The molecule has 7 aromatic carbocycles. The minimum Gasteiger partial charge on any atom is -0.0616 e. The molecule has 0 nitrogen and oxygen atoms in total.